The van der Waals surface area contributed by atoms with Gasteiger partial charge in [-0.2, -0.15) is 0 Å². The highest BCUT2D eigenvalue weighted by Crippen LogP contribution is 2.63. The highest BCUT2D eigenvalue weighted by atomic mass is 32.2. The molecule has 0 saturated heterocycles. The van der Waals surface area contributed by atoms with E-state index >= 15 is 0 Å². The zero-order valence-corrected chi connectivity index (χ0v) is 13.7. The lowest BCUT2D eigenvalue weighted by Crippen LogP contribution is -2.31. The van der Waals surface area contributed by atoms with Crippen molar-refractivity contribution in [1.29, 1.82) is 0 Å². The van der Waals surface area contributed by atoms with E-state index in [2.05, 4.69) is 19.9 Å². The van der Waals surface area contributed by atoms with Crippen LogP contribution in [0.3, 0.4) is 0 Å². The molecule has 1 aliphatic heterocycles. The molecule has 3 atom stereocenters. The number of rotatable bonds is 4. The third-order valence-corrected chi connectivity index (χ3v) is 6.93. The van der Waals surface area contributed by atoms with Crippen LogP contribution >= 0.6 is 0 Å². The summed E-state index contributed by atoms with van der Waals surface area (Å²) in [5.41, 5.74) is 1.29. The van der Waals surface area contributed by atoms with E-state index in [1.807, 2.05) is 19.1 Å². The van der Waals surface area contributed by atoms with Crippen LogP contribution in [0, 0.1) is 24.2 Å². The molecule has 3 nitrogen and oxygen atoms in total. The molecule has 0 radical (unpaired) electrons. The van der Waals surface area contributed by atoms with Gasteiger partial charge in [0.1, 0.15) is 0 Å². The summed E-state index contributed by atoms with van der Waals surface area (Å²) in [5, 5.41) is 0. The van der Waals surface area contributed by atoms with E-state index in [9.17, 15) is 8.42 Å². The number of nitrogens with zero attached hydrogens (tertiary/aromatic N) is 1. The lowest BCUT2D eigenvalue weighted by molar-refractivity contribution is 0.431. The molecule has 4 heteroatoms. The standard InChI is InChI=1S/C17H23NO2S/c1-4-5-15-16-12-18(11-10-17(15,16)3)21(19,20)14-8-6-13(2)7-9-14/h6-11,15-16H,4-5,12H2,1-3H3/t15-,16-,17+/m0/s1. The van der Waals surface area contributed by atoms with Gasteiger partial charge in [0.15, 0.2) is 0 Å². The maximum Gasteiger partial charge on any atom is 0.263 e. The fraction of sp³-hybridized carbons (Fsp3) is 0.529. The molecule has 0 unspecified atom stereocenters. The number of hydrogen-bond acceptors (Lipinski definition) is 2. The lowest BCUT2D eigenvalue weighted by atomic mass is 10.0. The number of allylic oxidation sites excluding steroid dienone is 1. The Morgan fingerprint density at radius 1 is 1.29 bits per heavy atom. The van der Waals surface area contributed by atoms with Gasteiger partial charge < -0.3 is 0 Å². The van der Waals surface area contributed by atoms with E-state index in [1.165, 1.54) is 10.7 Å². The van der Waals surface area contributed by atoms with Crippen LogP contribution in [0.2, 0.25) is 0 Å². The molecule has 0 spiro atoms. The van der Waals surface area contributed by atoms with Crippen LogP contribution < -0.4 is 0 Å². The topological polar surface area (TPSA) is 37.4 Å². The highest BCUT2D eigenvalue weighted by molar-refractivity contribution is 7.89. The third-order valence-electron chi connectivity index (χ3n) is 5.18. The van der Waals surface area contributed by atoms with E-state index in [0.29, 0.717) is 23.3 Å². The zero-order valence-electron chi connectivity index (χ0n) is 12.9. The average molecular weight is 305 g/mol. The molecular weight excluding hydrogens is 282 g/mol. The molecular formula is C17H23NO2S. The molecule has 21 heavy (non-hydrogen) atoms. The van der Waals surface area contributed by atoms with Gasteiger partial charge in [0, 0.05) is 12.7 Å². The second-order valence-corrected chi connectivity index (χ2v) is 8.46. The van der Waals surface area contributed by atoms with Crippen molar-refractivity contribution < 1.29 is 8.42 Å². The number of hydrogen-bond donors (Lipinski definition) is 0. The highest BCUT2D eigenvalue weighted by Gasteiger charge is 2.60. The van der Waals surface area contributed by atoms with E-state index in [-0.39, 0.29) is 5.41 Å². The van der Waals surface area contributed by atoms with Gasteiger partial charge in [-0.05, 0) is 42.7 Å². The maximum absolute atomic E-state index is 12.7. The Bertz CT molecular complexity index is 663. The SMILES string of the molecule is CCC[C@H]1[C@@H]2CN(S(=O)(=O)c3ccc(C)cc3)C=C[C@]12C. The molecule has 2 aliphatic rings. The normalized spacial score (nSPS) is 31.1. The minimum absolute atomic E-state index is 0.218. The number of aryl methyl sites for hydroxylation is 1. The van der Waals surface area contributed by atoms with Gasteiger partial charge in [-0.25, -0.2) is 8.42 Å². The minimum atomic E-state index is -3.40. The Morgan fingerprint density at radius 3 is 2.57 bits per heavy atom. The van der Waals surface area contributed by atoms with Crippen LogP contribution in [0.25, 0.3) is 0 Å². The van der Waals surface area contributed by atoms with Gasteiger partial charge in [-0.15, -0.1) is 0 Å². The first kappa shape index (κ1) is 14.6. The molecule has 1 aromatic carbocycles. The first-order chi connectivity index (χ1) is 9.89. The van der Waals surface area contributed by atoms with Crippen molar-refractivity contribution in [3.8, 4) is 0 Å². The van der Waals surface area contributed by atoms with Crippen LogP contribution in [-0.4, -0.2) is 19.3 Å². The molecule has 114 valence electrons. The molecule has 1 saturated carbocycles. The monoisotopic (exact) mass is 305 g/mol. The average Bonchev–Trinajstić information content (AvgIpc) is 3.03. The second-order valence-electron chi connectivity index (χ2n) is 6.57. The van der Waals surface area contributed by atoms with Crippen molar-refractivity contribution in [2.24, 2.45) is 17.3 Å². The molecule has 1 heterocycles. The molecule has 1 fully saturated rings. The smallest absolute Gasteiger partial charge is 0.263 e. The predicted molar refractivity (Wildman–Crippen MR) is 84.2 cm³/mol. The largest absolute Gasteiger partial charge is 0.273 e. The second kappa shape index (κ2) is 4.87. The zero-order chi connectivity index (χ0) is 15.3. The van der Waals surface area contributed by atoms with Gasteiger partial charge in [-0.3, -0.25) is 4.31 Å². The molecule has 0 amide bonds. The number of fused-ring (bicyclic) bond motifs is 1. The summed E-state index contributed by atoms with van der Waals surface area (Å²) in [6.07, 6.45) is 6.23. The maximum atomic E-state index is 12.7. The van der Waals surface area contributed by atoms with Crippen molar-refractivity contribution in [2.45, 2.75) is 38.5 Å². The summed E-state index contributed by atoms with van der Waals surface area (Å²) in [4.78, 5) is 0.383. The molecule has 3 rings (SSSR count). The van der Waals surface area contributed by atoms with E-state index < -0.39 is 10.0 Å². The van der Waals surface area contributed by atoms with Crippen LogP contribution in [0.5, 0.6) is 0 Å². The van der Waals surface area contributed by atoms with Crippen molar-refractivity contribution >= 4 is 10.0 Å². The summed E-state index contributed by atoms with van der Waals surface area (Å²) in [7, 11) is -3.40. The molecule has 0 N–H and O–H groups in total. The van der Waals surface area contributed by atoms with Crippen LogP contribution in [0.4, 0.5) is 0 Å². The molecule has 0 aromatic heterocycles. The third kappa shape index (κ3) is 2.30. The van der Waals surface area contributed by atoms with Gasteiger partial charge in [0.2, 0.25) is 0 Å². The molecule has 1 aromatic rings. The van der Waals surface area contributed by atoms with E-state index in [4.69, 9.17) is 0 Å². The Labute approximate surface area is 127 Å². The lowest BCUT2D eigenvalue weighted by Gasteiger charge is -2.25. The van der Waals surface area contributed by atoms with Gasteiger partial charge in [0.05, 0.1) is 4.90 Å². The van der Waals surface area contributed by atoms with Crippen molar-refractivity contribution in [1.82, 2.24) is 4.31 Å². The van der Waals surface area contributed by atoms with Gasteiger partial charge >= 0.3 is 0 Å². The fourth-order valence-electron chi connectivity index (χ4n) is 3.64. The summed E-state index contributed by atoms with van der Waals surface area (Å²) < 4.78 is 26.9. The van der Waals surface area contributed by atoms with E-state index in [1.54, 1.807) is 18.3 Å². The number of sulfonamides is 1. The summed E-state index contributed by atoms with van der Waals surface area (Å²) in [6.45, 7) is 7.03. The first-order valence-electron chi connectivity index (χ1n) is 7.67. The van der Waals surface area contributed by atoms with Crippen LogP contribution in [-0.2, 0) is 10.0 Å². The summed E-state index contributed by atoms with van der Waals surface area (Å²) in [6, 6.07) is 7.09. The molecule has 1 aliphatic carbocycles. The Balaban J connectivity index is 1.83. The molecule has 0 bridgehead atoms. The summed E-state index contributed by atoms with van der Waals surface area (Å²) in [5.74, 6) is 1.11. The van der Waals surface area contributed by atoms with Crippen molar-refractivity contribution in [3.63, 3.8) is 0 Å². The van der Waals surface area contributed by atoms with Gasteiger partial charge in [0.25, 0.3) is 10.0 Å². The minimum Gasteiger partial charge on any atom is -0.273 e. The van der Waals surface area contributed by atoms with Crippen molar-refractivity contribution in [2.75, 3.05) is 6.54 Å². The Hall–Kier alpha value is -1.29. The fourth-order valence-corrected chi connectivity index (χ4v) is 4.97. The predicted octanol–water partition coefficient (Wildman–Crippen LogP) is 3.57. The Kier molecular flexibility index (Phi) is 3.40. The van der Waals surface area contributed by atoms with Crippen LogP contribution in [0.15, 0.2) is 41.4 Å². The van der Waals surface area contributed by atoms with Crippen molar-refractivity contribution in [3.05, 3.63) is 42.1 Å². The van der Waals surface area contributed by atoms with Gasteiger partial charge in [-0.1, -0.05) is 44.0 Å². The quantitative estimate of drug-likeness (QED) is 0.853. The van der Waals surface area contributed by atoms with E-state index in [0.717, 1.165) is 12.0 Å². The van der Waals surface area contributed by atoms with Crippen LogP contribution in [0.1, 0.15) is 32.3 Å². The first-order valence-corrected chi connectivity index (χ1v) is 9.11. The Morgan fingerprint density at radius 2 is 1.95 bits per heavy atom. The summed E-state index contributed by atoms with van der Waals surface area (Å²) >= 11 is 0. The number of benzene rings is 1.